The van der Waals surface area contributed by atoms with Crippen LogP contribution in [-0.4, -0.2) is 10.1 Å². The Morgan fingerprint density at radius 3 is 2.62 bits per heavy atom. The minimum absolute atomic E-state index is 0.349. The first-order valence-electron chi connectivity index (χ1n) is 8.01. The van der Waals surface area contributed by atoms with Crippen LogP contribution in [0, 0.1) is 32.6 Å². The first-order valence-corrected chi connectivity index (χ1v) is 8.01. The zero-order valence-electron chi connectivity index (χ0n) is 13.0. The normalized spacial score (nSPS) is 27.9. The quantitative estimate of drug-likeness (QED) is 0.859. The van der Waals surface area contributed by atoms with Crippen LogP contribution in [0.2, 0.25) is 0 Å². The molecule has 1 aromatic carbocycles. The highest BCUT2D eigenvalue weighted by Gasteiger charge is 2.56. The number of nitrogens with one attached hydrogen (secondary N) is 1. The van der Waals surface area contributed by atoms with Gasteiger partial charge < -0.3 is 10.1 Å². The first kappa shape index (κ1) is 13.1. The van der Waals surface area contributed by atoms with E-state index >= 15 is 0 Å². The third-order valence-corrected chi connectivity index (χ3v) is 5.90. The van der Waals surface area contributed by atoms with Crippen molar-refractivity contribution in [3.05, 3.63) is 57.9 Å². The molecule has 1 saturated carbocycles. The van der Waals surface area contributed by atoms with Crippen LogP contribution in [0.25, 0.3) is 0 Å². The predicted octanol–water partition coefficient (Wildman–Crippen LogP) is 3.95. The topological polar surface area (TPSA) is 36.0 Å². The summed E-state index contributed by atoms with van der Waals surface area (Å²) in [5.74, 6) is 1.62. The maximum atomic E-state index is 10.9. The van der Waals surface area contributed by atoms with Crippen LogP contribution < -0.4 is 0 Å². The number of fused-ring (bicyclic) bond motifs is 3. The summed E-state index contributed by atoms with van der Waals surface area (Å²) in [6.45, 7) is 6.35. The summed E-state index contributed by atoms with van der Waals surface area (Å²) >= 11 is 0. The van der Waals surface area contributed by atoms with Crippen molar-refractivity contribution in [1.82, 2.24) is 4.98 Å². The van der Waals surface area contributed by atoms with Crippen LogP contribution in [0.5, 0.6) is 0 Å². The van der Waals surface area contributed by atoms with Crippen molar-refractivity contribution < 1.29 is 5.11 Å². The third-order valence-electron chi connectivity index (χ3n) is 5.90. The monoisotopic (exact) mass is 281 g/mol. The maximum Gasteiger partial charge on any atom is 0.0977 e. The molecule has 21 heavy (non-hydrogen) atoms. The zero-order chi connectivity index (χ0) is 14.7. The summed E-state index contributed by atoms with van der Waals surface area (Å²) in [6.07, 6.45) is 2.04. The maximum absolute atomic E-state index is 10.9. The molecule has 2 aromatic rings. The molecule has 0 radical (unpaired) electrons. The number of hydrogen-bond acceptors (Lipinski definition) is 1. The molecule has 0 amide bonds. The lowest BCUT2D eigenvalue weighted by Gasteiger charge is -2.13. The second kappa shape index (κ2) is 4.48. The number of aliphatic hydroxyl groups excluding tert-OH is 1. The molecule has 0 bridgehead atoms. The van der Waals surface area contributed by atoms with E-state index in [9.17, 15) is 5.11 Å². The Hall–Kier alpha value is -1.54. The SMILES string of the molecule is Cc1[nH]c(C(O)C2C3CCc4ccccc4C32)c(C)c1C. The lowest BCUT2D eigenvalue weighted by atomic mass is 9.92. The molecule has 1 fully saturated rings. The zero-order valence-corrected chi connectivity index (χ0v) is 13.0. The van der Waals surface area contributed by atoms with Crippen LogP contribution in [0.15, 0.2) is 24.3 Å². The van der Waals surface area contributed by atoms with Gasteiger partial charge in [-0.25, -0.2) is 0 Å². The Morgan fingerprint density at radius 2 is 1.90 bits per heavy atom. The molecule has 0 spiro atoms. The molecule has 0 saturated heterocycles. The molecule has 2 aliphatic rings. The molecule has 0 aliphatic heterocycles. The van der Waals surface area contributed by atoms with E-state index in [0.717, 1.165) is 5.69 Å². The van der Waals surface area contributed by atoms with Gasteiger partial charge in [0.15, 0.2) is 0 Å². The van der Waals surface area contributed by atoms with Crippen LogP contribution in [0.1, 0.15) is 52.1 Å². The number of aryl methyl sites for hydroxylation is 2. The number of aromatic amines is 1. The standard InChI is InChI=1S/C19H23NO/c1-10-11(2)18(20-12(10)3)19(21)17-15-9-8-13-6-4-5-7-14(13)16(15)17/h4-7,15-17,19-21H,8-9H2,1-3H3. The van der Waals surface area contributed by atoms with Gasteiger partial charge in [0.1, 0.15) is 0 Å². The Morgan fingerprint density at radius 1 is 1.14 bits per heavy atom. The first-order chi connectivity index (χ1) is 10.1. The van der Waals surface area contributed by atoms with Crippen LogP contribution in [0.4, 0.5) is 0 Å². The Bertz CT molecular complexity index is 700. The van der Waals surface area contributed by atoms with Gasteiger partial charge in [-0.15, -0.1) is 0 Å². The van der Waals surface area contributed by atoms with Crippen molar-refractivity contribution in [3.63, 3.8) is 0 Å². The lowest BCUT2D eigenvalue weighted by molar-refractivity contribution is 0.140. The molecule has 2 N–H and O–H groups in total. The summed E-state index contributed by atoms with van der Waals surface area (Å²) in [5.41, 5.74) is 7.72. The van der Waals surface area contributed by atoms with Gasteiger partial charge in [0, 0.05) is 17.3 Å². The second-order valence-corrected chi connectivity index (χ2v) is 6.86. The fraction of sp³-hybridized carbons (Fsp3) is 0.474. The average molecular weight is 281 g/mol. The molecule has 1 heterocycles. The molecule has 1 aromatic heterocycles. The number of aromatic nitrogens is 1. The molecule has 4 rings (SSSR count). The molecule has 2 aliphatic carbocycles. The largest absolute Gasteiger partial charge is 0.387 e. The van der Waals surface area contributed by atoms with E-state index in [1.807, 2.05) is 0 Å². The molecule has 2 heteroatoms. The van der Waals surface area contributed by atoms with Gasteiger partial charge in [0.25, 0.3) is 0 Å². The minimum atomic E-state index is -0.349. The molecule has 4 atom stereocenters. The highest BCUT2D eigenvalue weighted by atomic mass is 16.3. The van der Waals surface area contributed by atoms with E-state index < -0.39 is 0 Å². The van der Waals surface area contributed by atoms with E-state index in [1.165, 1.54) is 40.8 Å². The van der Waals surface area contributed by atoms with Gasteiger partial charge in [0.2, 0.25) is 0 Å². The van der Waals surface area contributed by atoms with Crippen LogP contribution in [-0.2, 0) is 6.42 Å². The van der Waals surface area contributed by atoms with E-state index in [4.69, 9.17) is 0 Å². The van der Waals surface area contributed by atoms with E-state index in [0.29, 0.717) is 17.8 Å². The number of aliphatic hydroxyl groups is 1. The second-order valence-electron chi connectivity index (χ2n) is 6.86. The predicted molar refractivity (Wildman–Crippen MR) is 84.4 cm³/mol. The third kappa shape index (κ3) is 1.82. The van der Waals surface area contributed by atoms with Crippen LogP contribution >= 0.6 is 0 Å². The van der Waals surface area contributed by atoms with Crippen LogP contribution in [0.3, 0.4) is 0 Å². The summed E-state index contributed by atoms with van der Waals surface area (Å²) in [5, 5.41) is 10.9. The van der Waals surface area contributed by atoms with Crippen molar-refractivity contribution in [1.29, 1.82) is 0 Å². The van der Waals surface area contributed by atoms with Gasteiger partial charge >= 0.3 is 0 Å². The summed E-state index contributed by atoms with van der Waals surface area (Å²) < 4.78 is 0. The fourth-order valence-electron chi connectivity index (χ4n) is 4.41. The molecular weight excluding hydrogens is 258 g/mol. The molecule has 110 valence electrons. The lowest BCUT2D eigenvalue weighted by Crippen LogP contribution is -2.04. The Labute approximate surface area is 126 Å². The van der Waals surface area contributed by atoms with E-state index in [1.54, 1.807) is 0 Å². The fourth-order valence-corrected chi connectivity index (χ4v) is 4.41. The van der Waals surface area contributed by atoms with Gasteiger partial charge in [-0.05, 0) is 67.7 Å². The number of rotatable bonds is 2. The number of benzene rings is 1. The van der Waals surface area contributed by atoms with E-state index in [-0.39, 0.29) is 6.10 Å². The molecular formula is C19H23NO. The van der Waals surface area contributed by atoms with E-state index in [2.05, 4.69) is 50.0 Å². The molecule has 4 unspecified atom stereocenters. The van der Waals surface area contributed by atoms with Crippen molar-refractivity contribution in [2.45, 2.75) is 45.6 Å². The van der Waals surface area contributed by atoms with Crippen molar-refractivity contribution in [2.75, 3.05) is 0 Å². The molecule has 2 nitrogen and oxygen atoms in total. The van der Waals surface area contributed by atoms with Gasteiger partial charge in [-0.3, -0.25) is 0 Å². The summed E-state index contributed by atoms with van der Waals surface area (Å²) in [6, 6.07) is 8.78. The highest BCUT2D eigenvalue weighted by Crippen LogP contribution is 2.64. The van der Waals surface area contributed by atoms with Gasteiger partial charge in [-0.1, -0.05) is 24.3 Å². The Balaban J connectivity index is 1.66. The summed E-state index contributed by atoms with van der Waals surface area (Å²) in [7, 11) is 0. The average Bonchev–Trinajstić information content (AvgIpc) is 3.19. The summed E-state index contributed by atoms with van der Waals surface area (Å²) in [4.78, 5) is 3.42. The Kier molecular flexibility index (Phi) is 2.80. The number of hydrogen-bond donors (Lipinski definition) is 2. The minimum Gasteiger partial charge on any atom is -0.387 e. The highest BCUT2D eigenvalue weighted by molar-refractivity contribution is 5.42. The van der Waals surface area contributed by atoms with Crippen molar-refractivity contribution in [3.8, 4) is 0 Å². The van der Waals surface area contributed by atoms with Gasteiger partial charge in [-0.2, -0.15) is 0 Å². The smallest absolute Gasteiger partial charge is 0.0977 e. The van der Waals surface area contributed by atoms with Gasteiger partial charge in [0.05, 0.1) is 6.10 Å². The van der Waals surface area contributed by atoms with Crippen molar-refractivity contribution in [2.24, 2.45) is 11.8 Å². The number of H-pyrrole nitrogens is 1. The van der Waals surface area contributed by atoms with Crippen molar-refractivity contribution >= 4 is 0 Å².